The third kappa shape index (κ3) is 3.98. The lowest BCUT2D eigenvalue weighted by atomic mass is 10.1. The minimum atomic E-state index is 0.738. The van der Waals surface area contributed by atoms with Crippen LogP contribution in [-0.4, -0.2) is 11.5 Å². The Kier molecular flexibility index (Phi) is 4.99. The van der Waals surface area contributed by atoms with Crippen molar-refractivity contribution in [3.63, 3.8) is 0 Å². The lowest BCUT2D eigenvalue weighted by molar-refractivity contribution is 0.918. The van der Waals surface area contributed by atoms with Gasteiger partial charge in [-0.2, -0.15) is 0 Å². The van der Waals surface area contributed by atoms with E-state index in [0.29, 0.717) is 0 Å². The number of rotatable bonds is 6. The minimum absolute atomic E-state index is 0.738. The van der Waals surface area contributed by atoms with Crippen LogP contribution in [-0.2, 0) is 12.8 Å². The van der Waals surface area contributed by atoms with Crippen LogP contribution in [0.1, 0.15) is 30.2 Å². The van der Waals surface area contributed by atoms with Crippen LogP contribution in [0.4, 0.5) is 11.5 Å². The van der Waals surface area contributed by atoms with Crippen molar-refractivity contribution < 1.29 is 0 Å². The zero-order valence-electron chi connectivity index (χ0n) is 12.3. The fourth-order valence-electron chi connectivity index (χ4n) is 2.17. The summed E-state index contributed by atoms with van der Waals surface area (Å²) >= 11 is 0. The molecule has 2 rings (SSSR count). The van der Waals surface area contributed by atoms with Gasteiger partial charge in [-0.1, -0.05) is 37.6 Å². The summed E-state index contributed by atoms with van der Waals surface area (Å²) < 4.78 is 0. The Labute approximate surface area is 121 Å². The molecule has 0 saturated carbocycles. The Morgan fingerprint density at radius 1 is 1.00 bits per heavy atom. The van der Waals surface area contributed by atoms with Gasteiger partial charge in [0, 0.05) is 6.54 Å². The van der Waals surface area contributed by atoms with Crippen molar-refractivity contribution in [2.45, 2.75) is 33.1 Å². The van der Waals surface area contributed by atoms with Crippen molar-refractivity contribution >= 4 is 11.5 Å². The van der Waals surface area contributed by atoms with Crippen LogP contribution in [0.25, 0.3) is 0 Å². The van der Waals surface area contributed by atoms with Crippen LogP contribution in [0.2, 0.25) is 0 Å². The highest BCUT2D eigenvalue weighted by Gasteiger charge is 1.99. The van der Waals surface area contributed by atoms with Crippen LogP contribution in [0.3, 0.4) is 0 Å². The molecule has 0 radical (unpaired) electrons. The maximum atomic E-state index is 5.76. The molecular weight excluding hydrogens is 246 g/mol. The van der Waals surface area contributed by atoms with E-state index in [-0.39, 0.29) is 0 Å². The summed E-state index contributed by atoms with van der Waals surface area (Å²) in [5.74, 6) is 0.888. The van der Waals surface area contributed by atoms with Gasteiger partial charge in [0.2, 0.25) is 0 Å². The van der Waals surface area contributed by atoms with E-state index in [0.717, 1.165) is 36.6 Å². The van der Waals surface area contributed by atoms with Gasteiger partial charge >= 0.3 is 0 Å². The third-order valence-electron chi connectivity index (χ3n) is 3.41. The van der Waals surface area contributed by atoms with Gasteiger partial charge in [0.15, 0.2) is 0 Å². The summed E-state index contributed by atoms with van der Waals surface area (Å²) in [6.45, 7) is 5.01. The summed E-state index contributed by atoms with van der Waals surface area (Å²) in [6.07, 6.45) is 3.35. The second-order valence-electron chi connectivity index (χ2n) is 5.11. The van der Waals surface area contributed by atoms with Gasteiger partial charge in [-0.3, -0.25) is 0 Å². The van der Waals surface area contributed by atoms with Crippen LogP contribution < -0.4 is 11.1 Å². The normalized spacial score (nSPS) is 10.5. The molecule has 1 heterocycles. The van der Waals surface area contributed by atoms with E-state index in [9.17, 15) is 0 Å². The number of anilines is 2. The smallest absolute Gasteiger partial charge is 0.126 e. The highest BCUT2D eigenvalue weighted by molar-refractivity contribution is 5.49. The van der Waals surface area contributed by atoms with Crippen LogP contribution in [0.5, 0.6) is 0 Å². The average Bonchev–Trinajstić information content (AvgIpc) is 2.45. The molecule has 0 bridgehead atoms. The number of benzene rings is 1. The maximum absolute atomic E-state index is 5.76. The van der Waals surface area contributed by atoms with E-state index in [1.54, 1.807) is 0 Å². The molecule has 0 fully saturated rings. The monoisotopic (exact) mass is 269 g/mol. The van der Waals surface area contributed by atoms with Crippen molar-refractivity contribution in [2.75, 3.05) is 17.6 Å². The van der Waals surface area contributed by atoms with Crippen LogP contribution in [0.15, 0.2) is 36.4 Å². The van der Waals surface area contributed by atoms with Gasteiger partial charge in [0.25, 0.3) is 0 Å². The lowest BCUT2D eigenvalue weighted by Gasteiger charge is -2.08. The number of hydrogen-bond donors (Lipinski definition) is 2. The standard InChI is InChI=1S/C17H23N3/c1-3-4-14-5-7-15(8-6-14)11-12-19-17-10-9-16(18)13(2)20-17/h5-10H,3-4,11-12,18H2,1-2H3,(H,19,20). The Bertz CT molecular complexity index is 547. The number of aromatic nitrogens is 1. The van der Waals surface area contributed by atoms with E-state index in [1.807, 2.05) is 19.1 Å². The zero-order valence-corrected chi connectivity index (χ0v) is 12.3. The molecule has 0 atom stereocenters. The van der Waals surface area contributed by atoms with E-state index < -0.39 is 0 Å². The van der Waals surface area contributed by atoms with Crippen LogP contribution in [0, 0.1) is 6.92 Å². The predicted octanol–water partition coefficient (Wildman–Crippen LogP) is 3.58. The highest BCUT2D eigenvalue weighted by Crippen LogP contribution is 2.12. The number of nitrogen functional groups attached to an aromatic ring is 1. The number of aryl methyl sites for hydroxylation is 2. The van der Waals surface area contributed by atoms with Gasteiger partial charge in [0.05, 0.1) is 11.4 Å². The van der Waals surface area contributed by atoms with Crippen molar-refractivity contribution in [1.29, 1.82) is 0 Å². The quantitative estimate of drug-likeness (QED) is 0.842. The number of pyridine rings is 1. The summed E-state index contributed by atoms with van der Waals surface area (Å²) in [4.78, 5) is 4.41. The average molecular weight is 269 g/mol. The number of hydrogen-bond acceptors (Lipinski definition) is 3. The molecule has 3 heteroatoms. The Hall–Kier alpha value is -2.03. The number of nitrogens with two attached hydrogens (primary N) is 1. The molecule has 2 aromatic rings. The van der Waals surface area contributed by atoms with Gasteiger partial charge in [0.1, 0.15) is 5.82 Å². The first-order valence-electron chi connectivity index (χ1n) is 7.24. The lowest BCUT2D eigenvalue weighted by Crippen LogP contribution is -2.07. The molecule has 3 nitrogen and oxygen atoms in total. The first kappa shape index (κ1) is 14.4. The predicted molar refractivity (Wildman–Crippen MR) is 86.0 cm³/mol. The molecule has 0 amide bonds. The van der Waals surface area contributed by atoms with Gasteiger partial charge < -0.3 is 11.1 Å². The molecule has 0 aliphatic carbocycles. The van der Waals surface area contributed by atoms with E-state index in [2.05, 4.69) is 41.5 Å². The Morgan fingerprint density at radius 2 is 1.65 bits per heavy atom. The first-order chi connectivity index (χ1) is 9.69. The fourth-order valence-corrected chi connectivity index (χ4v) is 2.17. The minimum Gasteiger partial charge on any atom is -0.397 e. The molecule has 1 aromatic carbocycles. The zero-order chi connectivity index (χ0) is 14.4. The first-order valence-corrected chi connectivity index (χ1v) is 7.24. The fraction of sp³-hybridized carbons (Fsp3) is 0.353. The second kappa shape index (κ2) is 6.94. The van der Waals surface area contributed by atoms with E-state index >= 15 is 0 Å². The molecule has 0 saturated heterocycles. The van der Waals surface area contributed by atoms with E-state index in [1.165, 1.54) is 17.5 Å². The third-order valence-corrected chi connectivity index (χ3v) is 3.41. The number of nitrogens with zero attached hydrogens (tertiary/aromatic N) is 1. The SMILES string of the molecule is CCCc1ccc(CCNc2ccc(N)c(C)n2)cc1. The Balaban J connectivity index is 1.84. The molecule has 1 aromatic heterocycles. The Morgan fingerprint density at radius 3 is 2.25 bits per heavy atom. The largest absolute Gasteiger partial charge is 0.397 e. The molecule has 3 N–H and O–H groups in total. The molecular formula is C17H23N3. The topological polar surface area (TPSA) is 50.9 Å². The molecule has 20 heavy (non-hydrogen) atoms. The second-order valence-corrected chi connectivity index (χ2v) is 5.11. The summed E-state index contributed by atoms with van der Waals surface area (Å²) in [5, 5.41) is 3.33. The van der Waals surface area contributed by atoms with Gasteiger partial charge in [-0.05, 0) is 43.0 Å². The maximum Gasteiger partial charge on any atom is 0.126 e. The molecule has 0 aliphatic rings. The van der Waals surface area contributed by atoms with Crippen molar-refractivity contribution in [1.82, 2.24) is 4.98 Å². The van der Waals surface area contributed by atoms with Crippen molar-refractivity contribution in [2.24, 2.45) is 0 Å². The van der Waals surface area contributed by atoms with Gasteiger partial charge in [-0.15, -0.1) is 0 Å². The van der Waals surface area contributed by atoms with Gasteiger partial charge in [-0.25, -0.2) is 4.98 Å². The molecule has 0 unspecified atom stereocenters. The molecule has 106 valence electrons. The molecule has 0 spiro atoms. The summed E-state index contributed by atoms with van der Waals surface area (Å²) in [5.41, 5.74) is 10.1. The summed E-state index contributed by atoms with van der Waals surface area (Å²) in [6, 6.07) is 12.7. The molecule has 0 aliphatic heterocycles. The summed E-state index contributed by atoms with van der Waals surface area (Å²) in [7, 11) is 0. The number of nitrogens with one attached hydrogen (secondary N) is 1. The van der Waals surface area contributed by atoms with Crippen molar-refractivity contribution in [3.8, 4) is 0 Å². The van der Waals surface area contributed by atoms with E-state index in [4.69, 9.17) is 5.73 Å². The van der Waals surface area contributed by atoms with Crippen molar-refractivity contribution in [3.05, 3.63) is 53.2 Å². The highest BCUT2D eigenvalue weighted by atomic mass is 15.0. The van der Waals surface area contributed by atoms with Crippen LogP contribution >= 0.6 is 0 Å².